The Balaban J connectivity index is 2.12. The van der Waals surface area contributed by atoms with Crippen molar-refractivity contribution in [2.24, 2.45) is 0 Å². The first-order valence-electron chi connectivity index (χ1n) is 6.20. The molecule has 0 saturated heterocycles. The molecule has 0 spiro atoms. The van der Waals surface area contributed by atoms with Gasteiger partial charge in [0.2, 0.25) is 0 Å². The first-order chi connectivity index (χ1) is 9.60. The van der Waals surface area contributed by atoms with E-state index >= 15 is 0 Å². The lowest BCUT2D eigenvalue weighted by Crippen LogP contribution is -2.03. The predicted octanol–water partition coefficient (Wildman–Crippen LogP) is 3.99. The second kappa shape index (κ2) is 6.48. The Bertz CT molecular complexity index is 606. The van der Waals surface area contributed by atoms with Crippen molar-refractivity contribution in [2.45, 2.75) is 18.4 Å². The molecule has 104 valence electrons. The Morgan fingerprint density at radius 2 is 1.90 bits per heavy atom. The molecule has 0 fully saturated rings. The number of rotatable bonds is 5. The van der Waals surface area contributed by atoms with Gasteiger partial charge in [-0.3, -0.25) is 0 Å². The van der Waals surface area contributed by atoms with Crippen LogP contribution in [0.5, 0.6) is 5.75 Å². The molecule has 0 heterocycles. The van der Waals surface area contributed by atoms with Gasteiger partial charge in [0, 0.05) is 4.90 Å². The van der Waals surface area contributed by atoms with E-state index in [1.54, 1.807) is 23.9 Å². The van der Waals surface area contributed by atoms with E-state index in [0.29, 0.717) is 12.4 Å². The molecule has 0 saturated carbocycles. The number of hydrogen-bond acceptors (Lipinski definition) is 3. The van der Waals surface area contributed by atoms with Crippen molar-refractivity contribution in [1.29, 1.82) is 0 Å². The highest BCUT2D eigenvalue weighted by Crippen LogP contribution is 2.22. The Hall–Kier alpha value is -1.94. The second-order valence-corrected chi connectivity index (χ2v) is 5.32. The highest BCUT2D eigenvalue weighted by atomic mass is 32.2. The summed E-state index contributed by atoms with van der Waals surface area (Å²) in [6.07, 6.45) is 2.02. The van der Waals surface area contributed by atoms with Crippen LogP contribution >= 0.6 is 11.8 Å². The number of carboxylic acids is 1. The van der Waals surface area contributed by atoms with Crippen LogP contribution in [0.4, 0.5) is 0 Å². The third-order valence-electron chi connectivity index (χ3n) is 2.92. The van der Waals surface area contributed by atoms with Gasteiger partial charge in [-0.1, -0.05) is 23.8 Å². The van der Waals surface area contributed by atoms with E-state index in [1.165, 1.54) is 4.90 Å². The molecule has 0 radical (unpaired) electrons. The molecule has 2 aromatic carbocycles. The van der Waals surface area contributed by atoms with Crippen LogP contribution < -0.4 is 4.74 Å². The monoisotopic (exact) mass is 288 g/mol. The van der Waals surface area contributed by atoms with Crippen LogP contribution in [0.3, 0.4) is 0 Å². The Labute approximate surface area is 122 Å². The summed E-state index contributed by atoms with van der Waals surface area (Å²) in [5.41, 5.74) is 2.12. The molecule has 20 heavy (non-hydrogen) atoms. The third-order valence-corrected chi connectivity index (χ3v) is 3.66. The van der Waals surface area contributed by atoms with Crippen LogP contribution in [0.2, 0.25) is 0 Å². The van der Waals surface area contributed by atoms with Gasteiger partial charge in [-0.2, -0.15) is 0 Å². The second-order valence-electron chi connectivity index (χ2n) is 4.44. The van der Waals surface area contributed by atoms with E-state index in [2.05, 4.69) is 0 Å². The van der Waals surface area contributed by atoms with Crippen molar-refractivity contribution in [2.75, 3.05) is 6.26 Å². The average molecular weight is 288 g/mol. The van der Waals surface area contributed by atoms with Crippen molar-refractivity contribution in [3.8, 4) is 5.75 Å². The average Bonchev–Trinajstić information content (AvgIpc) is 2.46. The van der Waals surface area contributed by atoms with Crippen molar-refractivity contribution >= 4 is 17.7 Å². The molecule has 0 aliphatic heterocycles. The summed E-state index contributed by atoms with van der Waals surface area (Å²) < 4.78 is 5.63. The first kappa shape index (κ1) is 14.5. The Morgan fingerprint density at radius 3 is 2.50 bits per heavy atom. The molecule has 2 aromatic rings. The molecule has 3 nitrogen and oxygen atoms in total. The van der Waals surface area contributed by atoms with Gasteiger partial charge in [0.15, 0.2) is 0 Å². The quantitative estimate of drug-likeness (QED) is 0.845. The standard InChI is InChI=1S/C16H16O3S/c1-11-3-8-15(14(9-11)16(17)18)19-10-12-4-6-13(20-2)7-5-12/h3-9H,10H2,1-2H3,(H,17,18). The molecule has 0 aliphatic rings. The summed E-state index contributed by atoms with van der Waals surface area (Å²) in [6, 6.07) is 13.2. The topological polar surface area (TPSA) is 46.5 Å². The zero-order valence-electron chi connectivity index (χ0n) is 11.4. The summed E-state index contributed by atoms with van der Waals surface area (Å²) in [7, 11) is 0. The van der Waals surface area contributed by atoms with E-state index in [-0.39, 0.29) is 5.56 Å². The molecular weight excluding hydrogens is 272 g/mol. The maximum Gasteiger partial charge on any atom is 0.339 e. The molecule has 0 unspecified atom stereocenters. The fraction of sp³-hybridized carbons (Fsp3) is 0.188. The summed E-state index contributed by atoms with van der Waals surface area (Å²) in [5, 5.41) is 9.17. The van der Waals surface area contributed by atoms with Gasteiger partial charge < -0.3 is 9.84 Å². The minimum Gasteiger partial charge on any atom is -0.488 e. The number of ether oxygens (including phenoxy) is 1. The zero-order valence-corrected chi connectivity index (χ0v) is 12.2. The maximum absolute atomic E-state index is 11.2. The molecule has 0 aliphatic carbocycles. The molecule has 0 atom stereocenters. The molecule has 0 bridgehead atoms. The van der Waals surface area contributed by atoms with Gasteiger partial charge >= 0.3 is 5.97 Å². The lowest BCUT2D eigenvalue weighted by molar-refractivity contribution is 0.0691. The van der Waals surface area contributed by atoms with Crippen LogP contribution in [0, 0.1) is 6.92 Å². The molecule has 4 heteroatoms. The van der Waals surface area contributed by atoms with Gasteiger partial charge in [-0.25, -0.2) is 4.79 Å². The normalized spacial score (nSPS) is 10.3. The molecule has 1 N–H and O–H groups in total. The number of carboxylic acid groups (broad SMARTS) is 1. The summed E-state index contributed by atoms with van der Waals surface area (Å²) in [5.74, 6) is -0.571. The smallest absolute Gasteiger partial charge is 0.339 e. The van der Waals surface area contributed by atoms with Crippen molar-refractivity contribution in [3.05, 3.63) is 59.2 Å². The largest absolute Gasteiger partial charge is 0.488 e. The van der Waals surface area contributed by atoms with E-state index in [1.807, 2.05) is 43.5 Å². The summed E-state index contributed by atoms with van der Waals surface area (Å²) in [6.45, 7) is 2.22. The van der Waals surface area contributed by atoms with Crippen LogP contribution in [-0.4, -0.2) is 17.3 Å². The van der Waals surface area contributed by atoms with E-state index in [4.69, 9.17) is 4.74 Å². The Morgan fingerprint density at radius 1 is 1.20 bits per heavy atom. The van der Waals surface area contributed by atoms with E-state index in [0.717, 1.165) is 11.1 Å². The number of carbonyl (C=O) groups is 1. The molecule has 0 aromatic heterocycles. The van der Waals surface area contributed by atoms with Gasteiger partial charge in [0.25, 0.3) is 0 Å². The summed E-state index contributed by atoms with van der Waals surface area (Å²) >= 11 is 1.68. The van der Waals surface area contributed by atoms with Gasteiger partial charge in [-0.05, 0) is 43.0 Å². The number of hydrogen-bond donors (Lipinski definition) is 1. The zero-order chi connectivity index (χ0) is 14.5. The molecule has 0 amide bonds. The highest BCUT2D eigenvalue weighted by molar-refractivity contribution is 7.98. The number of aromatic carboxylic acids is 1. The molecular formula is C16H16O3S. The number of aryl methyl sites for hydroxylation is 1. The highest BCUT2D eigenvalue weighted by Gasteiger charge is 2.11. The van der Waals surface area contributed by atoms with E-state index < -0.39 is 5.97 Å². The minimum atomic E-state index is -0.971. The van der Waals surface area contributed by atoms with E-state index in [9.17, 15) is 9.90 Å². The number of benzene rings is 2. The van der Waals surface area contributed by atoms with Crippen molar-refractivity contribution in [1.82, 2.24) is 0 Å². The fourth-order valence-electron chi connectivity index (χ4n) is 1.82. The maximum atomic E-state index is 11.2. The third kappa shape index (κ3) is 3.54. The van der Waals surface area contributed by atoms with Gasteiger partial charge in [-0.15, -0.1) is 11.8 Å². The minimum absolute atomic E-state index is 0.200. The molecule has 2 rings (SSSR count). The number of thioether (sulfide) groups is 1. The van der Waals surface area contributed by atoms with Crippen LogP contribution in [-0.2, 0) is 6.61 Å². The van der Waals surface area contributed by atoms with Crippen LogP contribution in [0.25, 0.3) is 0 Å². The fourth-order valence-corrected chi connectivity index (χ4v) is 2.23. The van der Waals surface area contributed by atoms with Gasteiger partial charge in [0.05, 0.1) is 0 Å². The van der Waals surface area contributed by atoms with Crippen molar-refractivity contribution in [3.63, 3.8) is 0 Å². The first-order valence-corrected chi connectivity index (χ1v) is 7.42. The van der Waals surface area contributed by atoms with Gasteiger partial charge in [0.1, 0.15) is 17.9 Å². The van der Waals surface area contributed by atoms with Crippen molar-refractivity contribution < 1.29 is 14.6 Å². The lowest BCUT2D eigenvalue weighted by atomic mass is 10.1. The predicted molar refractivity (Wildman–Crippen MR) is 80.7 cm³/mol. The van der Waals surface area contributed by atoms with Crippen LogP contribution in [0.15, 0.2) is 47.4 Å². The Kier molecular flexibility index (Phi) is 4.69. The van der Waals surface area contributed by atoms with Crippen LogP contribution in [0.1, 0.15) is 21.5 Å². The summed E-state index contributed by atoms with van der Waals surface area (Å²) in [4.78, 5) is 12.4. The SMILES string of the molecule is CSc1ccc(COc2ccc(C)cc2C(=O)O)cc1. The lowest BCUT2D eigenvalue weighted by Gasteiger charge is -2.10.